The lowest BCUT2D eigenvalue weighted by molar-refractivity contribution is -0.116. The zero-order chi connectivity index (χ0) is 23.6. The van der Waals surface area contributed by atoms with E-state index in [1.165, 1.54) is 16.7 Å². The summed E-state index contributed by atoms with van der Waals surface area (Å²) in [6.45, 7) is 6.94. The Kier molecular flexibility index (Phi) is 6.61. The smallest absolute Gasteiger partial charge is 0.252 e. The van der Waals surface area contributed by atoms with Gasteiger partial charge in [0.05, 0.1) is 6.61 Å². The second kappa shape index (κ2) is 9.44. The van der Waals surface area contributed by atoms with Crippen LogP contribution in [0.2, 0.25) is 0 Å². The Morgan fingerprint density at radius 3 is 2.70 bits per heavy atom. The van der Waals surface area contributed by atoms with Crippen molar-refractivity contribution >= 4 is 27.4 Å². The zero-order valence-corrected chi connectivity index (χ0v) is 19.9. The fourth-order valence-corrected chi connectivity index (χ4v) is 5.78. The molecule has 1 aliphatic heterocycles. The van der Waals surface area contributed by atoms with Crippen molar-refractivity contribution in [2.24, 2.45) is 0 Å². The van der Waals surface area contributed by atoms with Crippen LogP contribution in [0.1, 0.15) is 43.1 Å². The predicted molar refractivity (Wildman–Crippen MR) is 123 cm³/mol. The highest BCUT2D eigenvalue weighted by molar-refractivity contribution is 7.89. The maximum absolute atomic E-state index is 13.2. The molecule has 2 aromatic heterocycles. The lowest BCUT2D eigenvalue weighted by atomic mass is 10.1. The van der Waals surface area contributed by atoms with E-state index < -0.39 is 10.0 Å². The molecule has 1 aliphatic rings. The summed E-state index contributed by atoms with van der Waals surface area (Å²) in [5.74, 6) is 0.598. The number of aryl methyl sites for hydroxylation is 2. The molecule has 0 aliphatic carbocycles. The van der Waals surface area contributed by atoms with E-state index >= 15 is 0 Å². The number of ether oxygens (including phenoxy) is 1. The average Bonchev–Trinajstić information content (AvgIpc) is 3.47. The molecule has 1 fully saturated rings. The van der Waals surface area contributed by atoms with Gasteiger partial charge in [-0.15, -0.1) is 0 Å². The highest BCUT2D eigenvalue weighted by atomic mass is 32.2. The van der Waals surface area contributed by atoms with E-state index in [0.29, 0.717) is 43.3 Å². The van der Waals surface area contributed by atoms with E-state index in [0.717, 1.165) is 29.8 Å². The van der Waals surface area contributed by atoms with Crippen LogP contribution in [0.4, 0.5) is 5.69 Å². The molecule has 1 N–H and O–H groups in total. The van der Waals surface area contributed by atoms with Crippen LogP contribution < -0.4 is 10.1 Å². The van der Waals surface area contributed by atoms with Crippen LogP contribution in [0.3, 0.4) is 0 Å². The molecule has 1 amide bonds. The maximum Gasteiger partial charge on any atom is 0.252 e. The van der Waals surface area contributed by atoms with Crippen LogP contribution in [0.5, 0.6) is 5.75 Å². The van der Waals surface area contributed by atoms with Gasteiger partial charge in [-0.2, -0.15) is 14.4 Å². The lowest BCUT2D eigenvalue weighted by Crippen LogP contribution is -2.28. The van der Waals surface area contributed by atoms with Crippen molar-refractivity contribution in [2.75, 3.05) is 25.0 Å². The van der Waals surface area contributed by atoms with E-state index in [-0.39, 0.29) is 17.2 Å². The Morgan fingerprint density at radius 2 is 1.97 bits per heavy atom. The van der Waals surface area contributed by atoms with E-state index in [9.17, 15) is 13.2 Å². The molecule has 11 heteroatoms. The molecule has 4 rings (SSSR count). The Bertz CT molecular complexity index is 1280. The van der Waals surface area contributed by atoms with Crippen LogP contribution in [-0.2, 0) is 21.2 Å². The first kappa shape index (κ1) is 23.1. The fourth-order valence-electron chi connectivity index (χ4n) is 4.11. The third-order valence-electron chi connectivity index (χ3n) is 5.80. The summed E-state index contributed by atoms with van der Waals surface area (Å²) < 4.78 is 35.0. The molecule has 33 heavy (non-hydrogen) atoms. The van der Waals surface area contributed by atoms with Gasteiger partial charge in [0.15, 0.2) is 0 Å². The Labute approximate surface area is 193 Å². The number of hydrogen-bond donors (Lipinski definition) is 1. The Morgan fingerprint density at radius 1 is 1.21 bits per heavy atom. The molecule has 3 aromatic rings. The highest BCUT2D eigenvalue weighted by Crippen LogP contribution is 2.31. The van der Waals surface area contributed by atoms with Gasteiger partial charge in [-0.3, -0.25) is 4.79 Å². The van der Waals surface area contributed by atoms with Gasteiger partial charge in [0.25, 0.3) is 5.78 Å². The van der Waals surface area contributed by atoms with Gasteiger partial charge in [-0.05, 0) is 63.8 Å². The molecule has 0 radical (unpaired) electrons. The maximum atomic E-state index is 13.2. The van der Waals surface area contributed by atoms with Gasteiger partial charge in [0, 0.05) is 36.6 Å². The Hall–Kier alpha value is -3.05. The van der Waals surface area contributed by atoms with E-state index in [1.54, 1.807) is 23.6 Å². The van der Waals surface area contributed by atoms with E-state index in [2.05, 4.69) is 20.4 Å². The summed E-state index contributed by atoms with van der Waals surface area (Å²) in [5.41, 5.74) is 3.05. The van der Waals surface area contributed by atoms with Gasteiger partial charge in [-0.1, -0.05) is 0 Å². The number of carbonyl (C=O) groups excluding carboxylic acids is 1. The van der Waals surface area contributed by atoms with Crippen molar-refractivity contribution in [3.8, 4) is 5.75 Å². The molecule has 0 bridgehead atoms. The summed E-state index contributed by atoms with van der Waals surface area (Å²) >= 11 is 0. The lowest BCUT2D eigenvalue weighted by Gasteiger charge is -2.19. The van der Waals surface area contributed by atoms with Crippen molar-refractivity contribution in [2.45, 2.75) is 51.3 Å². The number of anilines is 1. The number of rotatable bonds is 8. The van der Waals surface area contributed by atoms with Gasteiger partial charge in [-0.25, -0.2) is 17.9 Å². The molecule has 0 spiro atoms. The van der Waals surface area contributed by atoms with Gasteiger partial charge >= 0.3 is 0 Å². The summed E-state index contributed by atoms with van der Waals surface area (Å²) in [6, 6.07) is 4.74. The van der Waals surface area contributed by atoms with Crippen molar-refractivity contribution in [3.05, 3.63) is 41.5 Å². The minimum absolute atomic E-state index is 0.0802. The molecule has 0 unspecified atom stereocenters. The number of nitrogens with one attached hydrogen (secondary N) is 1. The van der Waals surface area contributed by atoms with Crippen molar-refractivity contribution in [1.29, 1.82) is 0 Å². The predicted octanol–water partition coefficient (Wildman–Crippen LogP) is 2.50. The van der Waals surface area contributed by atoms with Crippen molar-refractivity contribution in [3.63, 3.8) is 0 Å². The first-order valence-electron chi connectivity index (χ1n) is 11.0. The van der Waals surface area contributed by atoms with E-state index in [1.807, 2.05) is 13.8 Å². The fraction of sp³-hybridized carbons (Fsp3) is 0.455. The summed E-state index contributed by atoms with van der Waals surface area (Å²) in [5, 5.41) is 7.00. The van der Waals surface area contributed by atoms with Crippen molar-refractivity contribution in [1.82, 2.24) is 23.9 Å². The highest BCUT2D eigenvalue weighted by Gasteiger charge is 2.30. The molecule has 0 atom stereocenters. The summed E-state index contributed by atoms with van der Waals surface area (Å²) in [6.07, 6.45) is 3.82. The minimum Gasteiger partial charge on any atom is -0.492 e. The van der Waals surface area contributed by atoms with Crippen molar-refractivity contribution < 1.29 is 17.9 Å². The first-order valence-corrected chi connectivity index (χ1v) is 12.5. The molecule has 176 valence electrons. The number of aromatic nitrogens is 4. The molecular weight excluding hydrogens is 444 g/mol. The van der Waals surface area contributed by atoms with Crippen LogP contribution >= 0.6 is 0 Å². The van der Waals surface area contributed by atoms with Crippen LogP contribution in [0.25, 0.3) is 5.78 Å². The van der Waals surface area contributed by atoms with Gasteiger partial charge < -0.3 is 10.1 Å². The zero-order valence-electron chi connectivity index (χ0n) is 19.0. The van der Waals surface area contributed by atoms with E-state index in [4.69, 9.17) is 4.74 Å². The van der Waals surface area contributed by atoms with Crippen LogP contribution in [-0.4, -0.2) is 57.9 Å². The third-order valence-corrected chi connectivity index (χ3v) is 7.72. The quantitative estimate of drug-likeness (QED) is 0.535. The largest absolute Gasteiger partial charge is 0.492 e. The Balaban J connectivity index is 1.51. The molecule has 10 nitrogen and oxygen atoms in total. The summed E-state index contributed by atoms with van der Waals surface area (Å²) in [4.78, 5) is 21.3. The topological polar surface area (TPSA) is 119 Å². The normalized spacial score (nSPS) is 14.6. The number of benzene rings is 1. The van der Waals surface area contributed by atoms with Gasteiger partial charge in [0.1, 0.15) is 17.0 Å². The van der Waals surface area contributed by atoms with Gasteiger partial charge in [0.2, 0.25) is 15.9 Å². The number of amides is 1. The SMILES string of the molecule is CCOc1ccc(NC(=O)CCc2c(C)nc3ncnn3c2C)cc1S(=O)(=O)N1CCCC1. The number of hydrogen-bond acceptors (Lipinski definition) is 7. The second-order valence-electron chi connectivity index (χ2n) is 7.99. The third kappa shape index (κ3) is 4.69. The molecule has 1 aromatic carbocycles. The first-order chi connectivity index (χ1) is 15.8. The standard InChI is InChI=1S/C22H28N6O4S/c1-4-32-19-9-7-17(13-20(19)33(30,31)27-11-5-6-12-27)26-21(29)10-8-18-15(2)25-22-23-14-24-28(22)16(18)3/h7,9,13-14H,4-6,8,10-12H2,1-3H3,(H,26,29). The minimum atomic E-state index is -3.70. The number of sulfonamides is 1. The molecule has 1 saturated heterocycles. The molecule has 3 heterocycles. The number of carbonyl (C=O) groups is 1. The van der Waals surface area contributed by atoms with Crippen LogP contribution in [0, 0.1) is 13.8 Å². The molecular formula is C22H28N6O4S. The summed E-state index contributed by atoms with van der Waals surface area (Å²) in [7, 11) is -3.70. The monoisotopic (exact) mass is 472 g/mol. The average molecular weight is 473 g/mol. The number of nitrogens with zero attached hydrogens (tertiary/aromatic N) is 5. The second-order valence-corrected chi connectivity index (χ2v) is 9.89. The number of fused-ring (bicyclic) bond motifs is 1. The molecule has 0 saturated carbocycles. The van der Waals surface area contributed by atoms with Crippen LogP contribution in [0.15, 0.2) is 29.4 Å².